The van der Waals surface area contributed by atoms with Crippen molar-refractivity contribution < 1.29 is 17.3 Å². The van der Waals surface area contributed by atoms with E-state index in [4.69, 9.17) is 0 Å². The second kappa shape index (κ2) is 8.35. The van der Waals surface area contributed by atoms with Gasteiger partial charge in [-0.05, 0) is 37.9 Å². The van der Waals surface area contributed by atoms with E-state index in [9.17, 15) is 18.4 Å². The molecule has 1 saturated heterocycles. The number of nitrogens with zero attached hydrogens (tertiary/aromatic N) is 2. The number of hydrogen-bond donors (Lipinski definition) is 1. The summed E-state index contributed by atoms with van der Waals surface area (Å²) in [5, 5.41) is 16.6. The Hall–Kier alpha value is -1.35. The van der Waals surface area contributed by atoms with Gasteiger partial charge in [0, 0.05) is 25.6 Å². The molecule has 2 unspecified atom stereocenters. The molecule has 1 aliphatic heterocycles. The van der Waals surface area contributed by atoms with Crippen LogP contribution in [0.5, 0.6) is 0 Å². The van der Waals surface area contributed by atoms with E-state index in [-0.39, 0.29) is 11.4 Å². The fourth-order valence-corrected chi connectivity index (χ4v) is 4.94. The molecule has 1 aromatic heterocycles. The Morgan fingerprint density at radius 2 is 2.20 bits per heavy atom. The quantitative estimate of drug-likeness (QED) is 0.609. The van der Waals surface area contributed by atoms with Gasteiger partial charge in [0.25, 0.3) is 0 Å². The summed E-state index contributed by atoms with van der Waals surface area (Å²) in [7, 11) is -4.52. The number of hydroxylamine groups is 2. The molecule has 1 aromatic rings. The summed E-state index contributed by atoms with van der Waals surface area (Å²) in [4.78, 5) is 16.9. The lowest BCUT2D eigenvalue weighted by molar-refractivity contribution is -0.707. The van der Waals surface area contributed by atoms with E-state index >= 15 is 0 Å². The van der Waals surface area contributed by atoms with Gasteiger partial charge in [-0.2, -0.15) is 12.5 Å². The van der Waals surface area contributed by atoms with Gasteiger partial charge in [-0.3, -0.25) is 0 Å². The number of pyridine rings is 1. The van der Waals surface area contributed by atoms with Crippen LogP contribution in [0.1, 0.15) is 39.0 Å². The van der Waals surface area contributed by atoms with Crippen molar-refractivity contribution >= 4 is 15.9 Å². The molecular formula is C17H26N3O4S. The smallest absolute Gasteiger partial charge is 0.351 e. The molecule has 1 fully saturated rings. The first-order valence-corrected chi connectivity index (χ1v) is 10.1. The van der Waals surface area contributed by atoms with E-state index < -0.39 is 31.9 Å². The van der Waals surface area contributed by atoms with Gasteiger partial charge in [0.15, 0.2) is 0 Å². The molecule has 139 valence electrons. The van der Waals surface area contributed by atoms with Crippen molar-refractivity contribution in [3.8, 4) is 0 Å². The van der Waals surface area contributed by atoms with Crippen molar-refractivity contribution in [2.45, 2.75) is 50.1 Å². The Kier molecular flexibility index (Phi) is 6.67. The third-order valence-electron chi connectivity index (χ3n) is 4.78. The molecule has 8 heteroatoms. The Labute approximate surface area is 149 Å². The van der Waals surface area contributed by atoms with E-state index in [0.29, 0.717) is 38.8 Å². The molecule has 1 N–H and O–H groups in total. The minimum absolute atomic E-state index is 0.195. The van der Waals surface area contributed by atoms with Gasteiger partial charge in [-0.25, -0.2) is 9.78 Å². The Bertz CT molecular complexity index is 668. The number of hydrogen-bond acceptors (Lipinski definition) is 6. The standard InChI is InChI=1S/C17H26N3O4S/c1-3-14(4-2)17(21)20(22,15-8-7-11-18-13-10-15)25(23,24)16-9-5-6-12-19-16/h5-6,9,12,14-15,18H,1,3-4,7-8,10-11,13H2,2H3/t14?,15?,20-/m0/s1. The van der Waals surface area contributed by atoms with Crippen LogP contribution in [0, 0.1) is 18.0 Å². The number of rotatable bonds is 6. The Morgan fingerprint density at radius 1 is 1.44 bits per heavy atom. The van der Waals surface area contributed by atoms with Gasteiger partial charge in [-0.15, -0.1) is 0 Å². The number of quaternary nitrogens is 1. The molecule has 0 bridgehead atoms. The molecule has 0 aromatic carbocycles. The predicted octanol–water partition coefficient (Wildman–Crippen LogP) is 2.00. The molecule has 1 amide bonds. The lowest BCUT2D eigenvalue weighted by atomic mass is 10.0. The summed E-state index contributed by atoms with van der Waals surface area (Å²) >= 11 is 0. The van der Waals surface area contributed by atoms with E-state index in [1.807, 2.05) is 0 Å². The molecule has 0 aliphatic carbocycles. The van der Waals surface area contributed by atoms with Crippen LogP contribution in [-0.2, 0) is 14.8 Å². The topological polar surface area (TPSA) is 99.2 Å². The molecule has 25 heavy (non-hydrogen) atoms. The van der Waals surface area contributed by atoms with Crippen LogP contribution in [0.4, 0.5) is 0 Å². The van der Waals surface area contributed by atoms with E-state index in [0.717, 1.165) is 0 Å². The lowest BCUT2D eigenvalue weighted by Crippen LogP contribution is -2.60. The average Bonchev–Trinajstić information content (AvgIpc) is 2.92. The maximum atomic E-state index is 13.8. The first kappa shape index (κ1) is 20.0. The minimum Gasteiger partial charge on any atom is -0.608 e. The SMILES string of the molecule is [CH2]CC(CC)C(=O)[N@+]([O-])(C1CCCNCC1)S(=O)(=O)c1ccccn1. The van der Waals surface area contributed by atoms with Crippen LogP contribution in [0.15, 0.2) is 29.4 Å². The molecule has 7 nitrogen and oxygen atoms in total. The predicted molar refractivity (Wildman–Crippen MR) is 94.3 cm³/mol. The highest BCUT2D eigenvalue weighted by Crippen LogP contribution is 2.34. The highest BCUT2D eigenvalue weighted by molar-refractivity contribution is 7.86. The number of nitrogens with one attached hydrogen (secondary N) is 1. The summed E-state index contributed by atoms with van der Waals surface area (Å²) in [6, 6.07) is 3.51. The van der Waals surface area contributed by atoms with E-state index in [1.54, 1.807) is 13.0 Å². The van der Waals surface area contributed by atoms with Gasteiger partial charge >= 0.3 is 15.9 Å². The third-order valence-corrected chi connectivity index (χ3v) is 6.75. The van der Waals surface area contributed by atoms with Crippen LogP contribution in [0.3, 0.4) is 0 Å². The first-order chi connectivity index (χ1) is 11.9. The van der Waals surface area contributed by atoms with Gasteiger partial charge in [0.1, 0.15) is 6.04 Å². The van der Waals surface area contributed by atoms with Gasteiger partial charge in [-0.1, -0.05) is 19.9 Å². The molecule has 0 saturated carbocycles. The zero-order chi connectivity index (χ0) is 18.5. The maximum Gasteiger partial charge on any atom is 0.351 e. The van der Waals surface area contributed by atoms with Crippen molar-refractivity contribution in [2.75, 3.05) is 13.1 Å². The fourth-order valence-electron chi connectivity index (χ4n) is 3.23. The van der Waals surface area contributed by atoms with Crippen molar-refractivity contribution in [2.24, 2.45) is 5.92 Å². The molecule has 2 rings (SSSR count). The largest absolute Gasteiger partial charge is 0.608 e. The van der Waals surface area contributed by atoms with E-state index in [2.05, 4.69) is 17.2 Å². The fraction of sp³-hybridized carbons (Fsp3) is 0.588. The summed E-state index contributed by atoms with van der Waals surface area (Å²) in [6.45, 7) is 6.70. The lowest BCUT2D eigenvalue weighted by Gasteiger charge is -2.44. The number of amides is 1. The number of carbonyl (C=O) groups excluding carboxylic acids is 1. The zero-order valence-corrected chi connectivity index (χ0v) is 15.4. The summed E-state index contributed by atoms with van der Waals surface area (Å²) in [5.41, 5.74) is 0. The zero-order valence-electron chi connectivity index (χ0n) is 14.6. The Morgan fingerprint density at radius 3 is 2.80 bits per heavy atom. The van der Waals surface area contributed by atoms with Crippen LogP contribution in [0.25, 0.3) is 0 Å². The Balaban J connectivity index is 2.57. The summed E-state index contributed by atoms with van der Waals surface area (Å²) < 4.78 is 24.5. The first-order valence-electron chi connectivity index (χ1n) is 8.69. The average molecular weight is 368 g/mol. The van der Waals surface area contributed by atoms with Crippen molar-refractivity contribution in [1.82, 2.24) is 10.3 Å². The van der Waals surface area contributed by atoms with Crippen molar-refractivity contribution in [3.63, 3.8) is 0 Å². The van der Waals surface area contributed by atoms with Crippen LogP contribution in [0.2, 0.25) is 0 Å². The highest BCUT2D eigenvalue weighted by atomic mass is 32.2. The second-order valence-corrected chi connectivity index (χ2v) is 8.22. The number of sulfonamides is 1. The molecule has 1 aliphatic rings. The molecule has 0 spiro atoms. The molecule has 2 heterocycles. The molecular weight excluding hydrogens is 342 g/mol. The van der Waals surface area contributed by atoms with E-state index in [1.165, 1.54) is 18.3 Å². The second-order valence-electron chi connectivity index (χ2n) is 6.31. The maximum absolute atomic E-state index is 13.8. The minimum atomic E-state index is -4.52. The third kappa shape index (κ3) is 3.76. The number of aromatic nitrogens is 1. The summed E-state index contributed by atoms with van der Waals surface area (Å²) in [6.07, 6.45) is 3.25. The van der Waals surface area contributed by atoms with Gasteiger partial charge < -0.3 is 10.5 Å². The van der Waals surface area contributed by atoms with Crippen molar-refractivity contribution in [1.29, 1.82) is 0 Å². The van der Waals surface area contributed by atoms with Crippen LogP contribution < -0.4 is 5.32 Å². The van der Waals surface area contributed by atoms with Crippen molar-refractivity contribution in [3.05, 3.63) is 36.5 Å². The molecule has 1 radical (unpaired) electrons. The number of carbonyl (C=O) groups is 1. The van der Waals surface area contributed by atoms with Gasteiger partial charge in [0.2, 0.25) is 5.03 Å². The monoisotopic (exact) mass is 368 g/mol. The summed E-state index contributed by atoms with van der Waals surface area (Å²) in [5.74, 6) is -1.51. The van der Waals surface area contributed by atoms with Crippen LogP contribution >= 0.6 is 0 Å². The van der Waals surface area contributed by atoms with Crippen LogP contribution in [-0.4, -0.2) is 42.5 Å². The molecule has 3 atom stereocenters. The highest BCUT2D eigenvalue weighted by Gasteiger charge is 2.50. The normalized spacial score (nSPS) is 21.5. The van der Waals surface area contributed by atoms with Gasteiger partial charge in [0.05, 0.1) is 5.92 Å².